The minimum absolute atomic E-state index is 0.0200. The van der Waals surface area contributed by atoms with Crippen LogP contribution in [0.25, 0.3) is 0 Å². The normalized spacial score (nSPS) is 17.7. The van der Waals surface area contributed by atoms with Crippen LogP contribution < -0.4 is 4.74 Å². The summed E-state index contributed by atoms with van der Waals surface area (Å²) in [4.78, 5) is 14.2. The fraction of sp³-hybridized carbons (Fsp3) is 0.375. The van der Waals surface area contributed by atoms with Gasteiger partial charge in [0.05, 0.1) is 13.5 Å². The second-order valence-corrected chi connectivity index (χ2v) is 5.48. The molecule has 1 aliphatic heterocycles. The first-order valence-corrected chi connectivity index (χ1v) is 7.27. The highest BCUT2D eigenvalue weighted by atomic mass is 19.1. The van der Waals surface area contributed by atoms with Crippen molar-refractivity contribution in [1.82, 2.24) is 15.1 Å². The minimum atomic E-state index is -0.440. The zero-order valence-electron chi connectivity index (χ0n) is 12.4. The van der Waals surface area contributed by atoms with E-state index in [9.17, 15) is 9.18 Å². The van der Waals surface area contributed by atoms with Gasteiger partial charge in [-0.05, 0) is 30.2 Å². The molecule has 1 aromatic carbocycles. The Bertz CT molecular complexity index is 657. The summed E-state index contributed by atoms with van der Waals surface area (Å²) in [5.41, 5.74) is 1.72. The Morgan fingerprint density at radius 1 is 1.50 bits per heavy atom. The van der Waals surface area contributed by atoms with Crippen LogP contribution in [0.2, 0.25) is 0 Å². The molecule has 2 heterocycles. The zero-order chi connectivity index (χ0) is 15.5. The SMILES string of the molecule is COc1ccc(CC(=O)N2CC[C@@H](c3ccn[nH]3)C2)cc1F. The summed E-state index contributed by atoms with van der Waals surface area (Å²) in [7, 11) is 1.42. The van der Waals surface area contributed by atoms with Crippen LogP contribution in [0.4, 0.5) is 4.39 Å². The number of aromatic amines is 1. The second kappa shape index (κ2) is 6.17. The van der Waals surface area contributed by atoms with Gasteiger partial charge in [0, 0.05) is 30.9 Å². The average molecular weight is 303 g/mol. The Morgan fingerprint density at radius 3 is 3.05 bits per heavy atom. The number of halogens is 1. The molecule has 0 spiro atoms. The predicted octanol–water partition coefficient (Wildman–Crippen LogP) is 2.12. The number of likely N-dealkylation sites (tertiary alicyclic amines) is 1. The Balaban J connectivity index is 1.62. The molecule has 1 saturated heterocycles. The molecule has 1 aromatic heterocycles. The molecule has 1 fully saturated rings. The number of ether oxygens (including phenoxy) is 1. The van der Waals surface area contributed by atoms with E-state index in [2.05, 4.69) is 10.2 Å². The molecule has 6 heteroatoms. The van der Waals surface area contributed by atoms with Crippen LogP contribution in [-0.2, 0) is 11.2 Å². The van der Waals surface area contributed by atoms with Gasteiger partial charge in [-0.1, -0.05) is 6.07 Å². The van der Waals surface area contributed by atoms with E-state index < -0.39 is 5.82 Å². The predicted molar refractivity (Wildman–Crippen MR) is 79.2 cm³/mol. The van der Waals surface area contributed by atoms with E-state index in [0.717, 1.165) is 18.7 Å². The summed E-state index contributed by atoms with van der Waals surface area (Å²) in [5, 5.41) is 6.91. The quantitative estimate of drug-likeness (QED) is 0.941. The van der Waals surface area contributed by atoms with Gasteiger partial charge in [0.15, 0.2) is 11.6 Å². The van der Waals surface area contributed by atoms with Gasteiger partial charge in [0.25, 0.3) is 0 Å². The third-order valence-electron chi connectivity index (χ3n) is 4.07. The van der Waals surface area contributed by atoms with E-state index in [0.29, 0.717) is 18.0 Å². The number of hydrogen-bond acceptors (Lipinski definition) is 3. The van der Waals surface area contributed by atoms with Gasteiger partial charge < -0.3 is 9.64 Å². The molecular formula is C16H18FN3O2. The number of nitrogens with zero attached hydrogens (tertiary/aromatic N) is 2. The van der Waals surface area contributed by atoms with E-state index in [4.69, 9.17) is 4.74 Å². The third kappa shape index (κ3) is 2.95. The number of rotatable bonds is 4. The highest BCUT2D eigenvalue weighted by Gasteiger charge is 2.28. The van der Waals surface area contributed by atoms with E-state index in [1.54, 1.807) is 18.3 Å². The molecule has 1 amide bonds. The van der Waals surface area contributed by atoms with Crippen LogP contribution in [0.3, 0.4) is 0 Å². The summed E-state index contributed by atoms with van der Waals surface area (Å²) in [6, 6.07) is 6.58. The molecular weight excluding hydrogens is 285 g/mol. The smallest absolute Gasteiger partial charge is 0.227 e. The number of hydrogen-bond donors (Lipinski definition) is 1. The Kier molecular flexibility index (Phi) is 4.09. The van der Waals surface area contributed by atoms with Crippen LogP contribution in [0.5, 0.6) is 5.75 Å². The number of methoxy groups -OCH3 is 1. The lowest BCUT2D eigenvalue weighted by molar-refractivity contribution is -0.129. The molecule has 22 heavy (non-hydrogen) atoms. The molecule has 1 N–H and O–H groups in total. The summed E-state index contributed by atoms with van der Waals surface area (Å²) in [5.74, 6) is 0.0758. The lowest BCUT2D eigenvalue weighted by Crippen LogP contribution is -2.29. The molecule has 116 valence electrons. The van der Waals surface area contributed by atoms with Crippen molar-refractivity contribution < 1.29 is 13.9 Å². The molecule has 2 aromatic rings. The summed E-state index contributed by atoms with van der Waals surface area (Å²) in [6.45, 7) is 1.40. The van der Waals surface area contributed by atoms with Gasteiger partial charge in [-0.15, -0.1) is 0 Å². The number of nitrogens with one attached hydrogen (secondary N) is 1. The first kappa shape index (κ1) is 14.6. The molecule has 0 aliphatic carbocycles. The van der Waals surface area contributed by atoms with Gasteiger partial charge in [-0.3, -0.25) is 9.89 Å². The molecule has 0 radical (unpaired) electrons. The summed E-state index contributed by atoms with van der Waals surface area (Å²) < 4.78 is 18.5. The van der Waals surface area contributed by atoms with Crippen molar-refractivity contribution in [3.63, 3.8) is 0 Å². The number of benzene rings is 1. The lowest BCUT2D eigenvalue weighted by Gasteiger charge is -2.16. The van der Waals surface area contributed by atoms with Gasteiger partial charge in [-0.2, -0.15) is 5.10 Å². The average Bonchev–Trinajstić information content (AvgIpc) is 3.18. The van der Waals surface area contributed by atoms with Crippen LogP contribution in [0.15, 0.2) is 30.5 Å². The third-order valence-corrected chi connectivity index (χ3v) is 4.07. The maximum atomic E-state index is 13.7. The first-order chi connectivity index (χ1) is 10.7. The lowest BCUT2D eigenvalue weighted by atomic mass is 10.1. The van der Waals surface area contributed by atoms with Crippen molar-refractivity contribution in [3.05, 3.63) is 47.5 Å². The number of H-pyrrole nitrogens is 1. The van der Waals surface area contributed by atoms with Crippen LogP contribution in [-0.4, -0.2) is 41.2 Å². The minimum Gasteiger partial charge on any atom is -0.494 e. The van der Waals surface area contributed by atoms with Crippen molar-refractivity contribution in [1.29, 1.82) is 0 Å². The Labute approximate surface area is 128 Å². The van der Waals surface area contributed by atoms with E-state index >= 15 is 0 Å². The summed E-state index contributed by atoms with van der Waals surface area (Å²) >= 11 is 0. The molecule has 1 atom stereocenters. The fourth-order valence-electron chi connectivity index (χ4n) is 2.84. The maximum absolute atomic E-state index is 13.7. The zero-order valence-corrected chi connectivity index (χ0v) is 12.4. The van der Waals surface area contributed by atoms with Crippen LogP contribution >= 0.6 is 0 Å². The molecule has 3 rings (SSSR count). The summed E-state index contributed by atoms with van der Waals surface area (Å²) in [6.07, 6.45) is 2.85. The Hall–Kier alpha value is -2.37. The number of amides is 1. The molecule has 0 bridgehead atoms. The maximum Gasteiger partial charge on any atom is 0.227 e. The van der Waals surface area contributed by atoms with Gasteiger partial charge in [0.1, 0.15) is 0 Å². The topological polar surface area (TPSA) is 58.2 Å². The van der Waals surface area contributed by atoms with E-state index in [1.807, 2.05) is 11.0 Å². The van der Waals surface area contributed by atoms with Crippen molar-refractivity contribution in [2.75, 3.05) is 20.2 Å². The van der Waals surface area contributed by atoms with Crippen LogP contribution in [0, 0.1) is 5.82 Å². The van der Waals surface area contributed by atoms with E-state index in [-0.39, 0.29) is 18.1 Å². The molecule has 5 nitrogen and oxygen atoms in total. The van der Waals surface area contributed by atoms with E-state index in [1.165, 1.54) is 13.2 Å². The number of carbonyl (C=O) groups is 1. The monoisotopic (exact) mass is 303 g/mol. The van der Waals surface area contributed by atoms with Gasteiger partial charge in [0.2, 0.25) is 5.91 Å². The Morgan fingerprint density at radius 2 is 2.36 bits per heavy atom. The highest BCUT2D eigenvalue weighted by Crippen LogP contribution is 2.26. The first-order valence-electron chi connectivity index (χ1n) is 7.27. The van der Waals surface area contributed by atoms with Crippen molar-refractivity contribution in [2.45, 2.75) is 18.8 Å². The number of aromatic nitrogens is 2. The van der Waals surface area contributed by atoms with Crippen LogP contribution in [0.1, 0.15) is 23.6 Å². The largest absolute Gasteiger partial charge is 0.494 e. The molecule has 0 saturated carbocycles. The standard InChI is InChI=1S/C16H18FN3O2/c1-22-15-3-2-11(8-13(15)17)9-16(21)20-7-5-12(10-20)14-4-6-18-19-14/h2-4,6,8,12H,5,7,9-10H2,1H3,(H,18,19)/t12-/m1/s1. The highest BCUT2D eigenvalue weighted by molar-refractivity contribution is 5.79. The second-order valence-electron chi connectivity index (χ2n) is 5.48. The van der Waals surface area contributed by atoms with Gasteiger partial charge >= 0.3 is 0 Å². The molecule has 1 aliphatic rings. The van der Waals surface area contributed by atoms with Crippen molar-refractivity contribution >= 4 is 5.91 Å². The molecule has 0 unspecified atom stereocenters. The van der Waals surface area contributed by atoms with Gasteiger partial charge in [-0.25, -0.2) is 4.39 Å². The van der Waals surface area contributed by atoms with Crippen molar-refractivity contribution in [2.24, 2.45) is 0 Å². The fourth-order valence-corrected chi connectivity index (χ4v) is 2.84. The number of carbonyl (C=O) groups excluding carboxylic acids is 1. The van der Waals surface area contributed by atoms with Crippen molar-refractivity contribution in [3.8, 4) is 5.75 Å².